The van der Waals surface area contributed by atoms with Crippen LogP contribution in [0.2, 0.25) is 0 Å². The van der Waals surface area contributed by atoms with Crippen LogP contribution in [0.1, 0.15) is 39.2 Å². The number of phosphoric acid groups is 1. The van der Waals surface area contributed by atoms with Gasteiger partial charge >= 0.3 is 21.4 Å². The molecule has 0 bridgehead atoms. The SMILES string of the molecule is CNc1ccc(COC(=O)CCCOP(=O)(O)OP(=O)(O)C(C)(C)C)cc1. The van der Waals surface area contributed by atoms with Gasteiger partial charge in [0.05, 0.1) is 11.8 Å². The Morgan fingerprint density at radius 3 is 2.26 bits per heavy atom. The van der Waals surface area contributed by atoms with E-state index in [4.69, 9.17) is 4.74 Å². The molecule has 0 radical (unpaired) electrons. The average molecular weight is 423 g/mol. The fraction of sp³-hybridized carbons (Fsp3) is 0.562. The number of hydrogen-bond donors (Lipinski definition) is 3. The molecule has 9 nitrogen and oxygen atoms in total. The third-order valence-corrected chi connectivity index (χ3v) is 7.40. The van der Waals surface area contributed by atoms with Crippen LogP contribution in [-0.4, -0.2) is 34.6 Å². The summed E-state index contributed by atoms with van der Waals surface area (Å²) in [6, 6.07) is 7.36. The summed E-state index contributed by atoms with van der Waals surface area (Å²) < 4.78 is 37.8. The van der Waals surface area contributed by atoms with Crippen molar-refractivity contribution in [2.24, 2.45) is 0 Å². The van der Waals surface area contributed by atoms with Crippen LogP contribution in [0.25, 0.3) is 0 Å². The lowest BCUT2D eigenvalue weighted by Gasteiger charge is -2.26. The quantitative estimate of drug-likeness (QED) is 0.293. The second-order valence-electron chi connectivity index (χ2n) is 6.79. The monoisotopic (exact) mass is 423 g/mol. The molecular weight excluding hydrogens is 396 g/mol. The number of anilines is 1. The van der Waals surface area contributed by atoms with Crippen LogP contribution < -0.4 is 5.32 Å². The van der Waals surface area contributed by atoms with Crippen molar-refractivity contribution in [3.8, 4) is 0 Å². The van der Waals surface area contributed by atoms with E-state index in [1.807, 2.05) is 24.3 Å². The first kappa shape index (κ1) is 23.8. The van der Waals surface area contributed by atoms with Gasteiger partial charge in [0.1, 0.15) is 6.61 Å². The maximum absolute atomic E-state index is 11.9. The molecule has 2 atom stereocenters. The van der Waals surface area contributed by atoms with Crippen molar-refractivity contribution < 1.29 is 37.3 Å². The molecule has 1 aromatic rings. The number of nitrogens with one attached hydrogen (secondary N) is 1. The highest BCUT2D eigenvalue weighted by Gasteiger charge is 2.43. The van der Waals surface area contributed by atoms with Crippen LogP contribution in [0.15, 0.2) is 24.3 Å². The Balaban J connectivity index is 2.32. The zero-order valence-corrected chi connectivity index (χ0v) is 17.7. The molecule has 0 aliphatic rings. The predicted octanol–water partition coefficient (Wildman–Crippen LogP) is 3.67. The Labute approximate surface area is 159 Å². The van der Waals surface area contributed by atoms with Crippen LogP contribution in [0.3, 0.4) is 0 Å². The van der Waals surface area contributed by atoms with E-state index in [0.717, 1.165) is 11.3 Å². The number of rotatable bonds is 10. The van der Waals surface area contributed by atoms with Crippen LogP contribution in [0, 0.1) is 0 Å². The zero-order chi connectivity index (χ0) is 20.7. The fourth-order valence-corrected chi connectivity index (χ4v) is 4.33. The maximum atomic E-state index is 11.9. The molecule has 0 aliphatic carbocycles. The minimum absolute atomic E-state index is 0.0370. The fourth-order valence-electron chi connectivity index (χ4n) is 1.69. The predicted molar refractivity (Wildman–Crippen MR) is 101 cm³/mol. The number of ether oxygens (including phenoxy) is 1. The maximum Gasteiger partial charge on any atom is 0.479 e. The number of benzene rings is 1. The van der Waals surface area contributed by atoms with Crippen molar-refractivity contribution in [1.82, 2.24) is 0 Å². The lowest BCUT2D eigenvalue weighted by atomic mass is 10.2. The largest absolute Gasteiger partial charge is 0.479 e. The van der Waals surface area contributed by atoms with Gasteiger partial charge in [0.2, 0.25) is 0 Å². The van der Waals surface area contributed by atoms with E-state index < -0.39 is 26.5 Å². The van der Waals surface area contributed by atoms with Gasteiger partial charge in [-0.1, -0.05) is 12.1 Å². The summed E-state index contributed by atoms with van der Waals surface area (Å²) in [5, 5.41) is 1.75. The molecule has 154 valence electrons. The summed E-state index contributed by atoms with van der Waals surface area (Å²) in [5.74, 6) is -0.493. The number of carbonyl (C=O) groups is 1. The van der Waals surface area contributed by atoms with Crippen molar-refractivity contribution in [3.05, 3.63) is 29.8 Å². The van der Waals surface area contributed by atoms with E-state index in [9.17, 15) is 23.7 Å². The summed E-state index contributed by atoms with van der Waals surface area (Å²) >= 11 is 0. The highest BCUT2D eigenvalue weighted by atomic mass is 31.3. The van der Waals surface area contributed by atoms with Crippen molar-refractivity contribution in [2.75, 3.05) is 19.0 Å². The van der Waals surface area contributed by atoms with Gasteiger partial charge in [0, 0.05) is 19.2 Å². The van der Waals surface area contributed by atoms with Crippen LogP contribution in [-0.2, 0) is 34.1 Å². The normalized spacial score (nSPS) is 16.2. The summed E-state index contributed by atoms with van der Waals surface area (Å²) in [5.41, 5.74) is 1.77. The van der Waals surface area contributed by atoms with E-state index in [1.54, 1.807) is 7.05 Å². The molecule has 0 spiro atoms. The molecular formula is C16H27NO8P2. The highest BCUT2D eigenvalue weighted by Crippen LogP contribution is 2.65. The van der Waals surface area contributed by atoms with Gasteiger partial charge in [-0.05, 0) is 44.9 Å². The number of hydrogen-bond acceptors (Lipinski definition) is 7. The lowest BCUT2D eigenvalue weighted by Crippen LogP contribution is -2.16. The second kappa shape index (κ2) is 9.82. The summed E-state index contributed by atoms with van der Waals surface area (Å²) in [6.45, 7) is 4.01. The van der Waals surface area contributed by atoms with Crippen molar-refractivity contribution in [1.29, 1.82) is 0 Å². The van der Waals surface area contributed by atoms with Gasteiger partial charge in [0.15, 0.2) is 0 Å². The van der Waals surface area contributed by atoms with Gasteiger partial charge in [-0.25, -0.2) is 8.88 Å². The summed E-state index contributed by atoms with van der Waals surface area (Å²) in [4.78, 5) is 30.9. The van der Waals surface area contributed by atoms with Gasteiger partial charge in [-0.2, -0.15) is 0 Å². The van der Waals surface area contributed by atoms with E-state index in [1.165, 1.54) is 20.8 Å². The molecule has 0 heterocycles. The molecule has 0 saturated heterocycles. The lowest BCUT2D eigenvalue weighted by molar-refractivity contribution is -0.145. The molecule has 0 fully saturated rings. The topological polar surface area (TPSA) is 131 Å². The minimum atomic E-state index is -4.71. The van der Waals surface area contributed by atoms with Crippen LogP contribution in [0.5, 0.6) is 0 Å². The Hall–Kier alpha value is -1.21. The molecule has 3 N–H and O–H groups in total. The van der Waals surface area contributed by atoms with Gasteiger partial charge in [0.25, 0.3) is 0 Å². The van der Waals surface area contributed by atoms with Crippen LogP contribution >= 0.6 is 15.4 Å². The van der Waals surface area contributed by atoms with Crippen molar-refractivity contribution in [2.45, 2.75) is 45.4 Å². The molecule has 0 aromatic heterocycles. The first-order valence-corrected chi connectivity index (χ1v) is 11.4. The van der Waals surface area contributed by atoms with E-state index in [-0.39, 0.29) is 26.1 Å². The standard InChI is InChI=1S/C16H27NO8P2/c1-16(2,3)26(19,20)25-27(21,22)24-11-5-6-15(18)23-12-13-7-9-14(17-4)10-8-13/h7-10,17H,5-6,11-12H2,1-4H3,(H,19,20)(H,21,22). The average Bonchev–Trinajstić information content (AvgIpc) is 2.55. The van der Waals surface area contributed by atoms with Crippen molar-refractivity contribution >= 4 is 27.1 Å². The van der Waals surface area contributed by atoms with E-state index in [0.29, 0.717) is 0 Å². The molecule has 0 saturated carbocycles. The zero-order valence-electron chi connectivity index (χ0n) is 15.9. The van der Waals surface area contributed by atoms with Gasteiger partial charge in [-0.15, -0.1) is 0 Å². The number of esters is 1. The first-order valence-electron chi connectivity index (χ1n) is 8.30. The summed E-state index contributed by atoms with van der Waals surface area (Å²) in [7, 11) is -7.26. The third-order valence-electron chi connectivity index (χ3n) is 3.48. The van der Waals surface area contributed by atoms with Gasteiger partial charge in [-0.3, -0.25) is 13.9 Å². The Morgan fingerprint density at radius 1 is 1.15 bits per heavy atom. The second-order valence-corrected chi connectivity index (χ2v) is 11.0. The summed E-state index contributed by atoms with van der Waals surface area (Å²) in [6.07, 6.45) is 0.0569. The Morgan fingerprint density at radius 2 is 1.74 bits per heavy atom. The molecule has 27 heavy (non-hydrogen) atoms. The Kier molecular flexibility index (Phi) is 8.67. The Bertz CT molecular complexity index is 714. The molecule has 11 heteroatoms. The third kappa shape index (κ3) is 8.56. The highest BCUT2D eigenvalue weighted by molar-refractivity contribution is 7.64. The smallest absolute Gasteiger partial charge is 0.461 e. The molecule has 1 rings (SSSR count). The first-order chi connectivity index (χ1) is 12.4. The number of carbonyl (C=O) groups excluding carboxylic acids is 1. The van der Waals surface area contributed by atoms with Gasteiger partial charge < -0.3 is 19.8 Å². The molecule has 0 amide bonds. The van der Waals surface area contributed by atoms with E-state index >= 15 is 0 Å². The van der Waals surface area contributed by atoms with Crippen LogP contribution in [0.4, 0.5) is 5.69 Å². The van der Waals surface area contributed by atoms with E-state index in [2.05, 4.69) is 14.2 Å². The molecule has 2 unspecified atom stereocenters. The number of phosphoric ester groups is 1. The molecule has 0 aliphatic heterocycles. The minimum Gasteiger partial charge on any atom is -0.461 e. The molecule has 1 aromatic carbocycles. The van der Waals surface area contributed by atoms with Crippen molar-refractivity contribution in [3.63, 3.8) is 0 Å².